The van der Waals surface area contributed by atoms with E-state index in [1.807, 2.05) is 13.8 Å². The third-order valence-electron chi connectivity index (χ3n) is 3.90. The monoisotopic (exact) mass is 364 g/mol. The molecule has 7 nitrogen and oxygen atoms in total. The van der Waals surface area contributed by atoms with E-state index >= 15 is 0 Å². The fourth-order valence-electron chi connectivity index (χ4n) is 2.75. The Balaban J connectivity index is 1.58. The number of hydrogen-bond acceptors (Lipinski definition) is 6. The van der Waals surface area contributed by atoms with Gasteiger partial charge >= 0.3 is 0 Å². The molecule has 1 aliphatic heterocycles. The summed E-state index contributed by atoms with van der Waals surface area (Å²) in [6, 6.07) is 5.70. The van der Waals surface area contributed by atoms with E-state index in [2.05, 4.69) is 4.98 Å². The van der Waals surface area contributed by atoms with Crippen LogP contribution in [0.5, 0.6) is 5.75 Å². The summed E-state index contributed by atoms with van der Waals surface area (Å²) in [6.45, 7) is 4.19. The second-order valence-electron chi connectivity index (χ2n) is 6.37. The van der Waals surface area contributed by atoms with Crippen LogP contribution >= 0.6 is 0 Å². The quantitative estimate of drug-likeness (QED) is 0.844. The van der Waals surface area contributed by atoms with Crippen LogP contribution in [0.15, 0.2) is 34.9 Å². The molecule has 2 aromatic rings. The number of likely N-dealkylation sites (tertiary alicyclic amines) is 1. The van der Waals surface area contributed by atoms with Crippen molar-refractivity contribution in [2.24, 2.45) is 0 Å². The zero-order valence-electron chi connectivity index (χ0n) is 14.6. The van der Waals surface area contributed by atoms with Crippen LogP contribution in [0, 0.1) is 5.82 Å². The van der Waals surface area contributed by atoms with Gasteiger partial charge in [-0.05, 0) is 26.0 Å². The molecule has 1 saturated heterocycles. The molecular formula is C18H21FN2O5. The van der Waals surface area contributed by atoms with Crippen LogP contribution in [0.3, 0.4) is 0 Å². The average molecular weight is 364 g/mol. The van der Waals surface area contributed by atoms with Crippen molar-refractivity contribution in [1.82, 2.24) is 9.88 Å². The van der Waals surface area contributed by atoms with Gasteiger partial charge in [0.05, 0.1) is 12.2 Å². The number of aliphatic hydroxyl groups excluding tert-OH is 1. The Morgan fingerprint density at radius 2 is 2.27 bits per heavy atom. The molecule has 0 unspecified atom stereocenters. The minimum Gasteiger partial charge on any atom is -0.484 e. The van der Waals surface area contributed by atoms with Gasteiger partial charge in [-0.15, -0.1) is 0 Å². The lowest BCUT2D eigenvalue weighted by Gasteiger charge is -2.17. The molecule has 0 spiro atoms. The molecule has 1 N–H and O–H groups in total. The van der Waals surface area contributed by atoms with E-state index in [1.165, 1.54) is 29.4 Å². The Labute approximate surface area is 150 Å². The first-order valence-electron chi connectivity index (χ1n) is 8.38. The zero-order valence-corrected chi connectivity index (χ0v) is 14.6. The van der Waals surface area contributed by atoms with Gasteiger partial charge in [-0.25, -0.2) is 9.37 Å². The van der Waals surface area contributed by atoms with E-state index in [0.717, 1.165) is 0 Å². The fraction of sp³-hybridized carbons (Fsp3) is 0.444. The maximum absolute atomic E-state index is 13.1. The van der Waals surface area contributed by atoms with E-state index in [-0.39, 0.29) is 36.7 Å². The summed E-state index contributed by atoms with van der Waals surface area (Å²) in [4.78, 5) is 18.1. The van der Waals surface area contributed by atoms with Crippen molar-refractivity contribution >= 4 is 5.91 Å². The number of hydrogen-bond donors (Lipinski definition) is 1. The maximum atomic E-state index is 13.1. The summed E-state index contributed by atoms with van der Waals surface area (Å²) in [5.41, 5.74) is 0.125. The van der Waals surface area contributed by atoms with E-state index in [9.17, 15) is 14.3 Å². The van der Waals surface area contributed by atoms with Gasteiger partial charge in [-0.1, -0.05) is 6.07 Å². The third kappa shape index (κ3) is 4.39. The van der Waals surface area contributed by atoms with Crippen molar-refractivity contribution in [3.05, 3.63) is 47.9 Å². The number of nitrogens with zero attached hydrogens (tertiary/aromatic N) is 2. The van der Waals surface area contributed by atoms with E-state index < -0.39 is 18.0 Å². The normalized spacial score (nSPS) is 20.0. The highest BCUT2D eigenvalue weighted by Gasteiger charge is 2.36. The van der Waals surface area contributed by atoms with Gasteiger partial charge in [0.25, 0.3) is 5.91 Å². The topological polar surface area (TPSA) is 85.0 Å². The Bertz CT molecular complexity index is 764. The van der Waals surface area contributed by atoms with Crippen LogP contribution < -0.4 is 4.74 Å². The maximum Gasteiger partial charge on any atom is 0.275 e. The van der Waals surface area contributed by atoms with Gasteiger partial charge < -0.3 is 23.9 Å². The van der Waals surface area contributed by atoms with Crippen LogP contribution in [0.1, 0.15) is 30.2 Å². The van der Waals surface area contributed by atoms with Gasteiger partial charge in [-0.2, -0.15) is 0 Å². The largest absolute Gasteiger partial charge is 0.484 e. The van der Waals surface area contributed by atoms with Crippen molar-refractivity contribution in [2.45, 2.75) is 38.8 Å². The Morgan fingerprint density at radius 3 is 3.00 bits per heavy atom. The summed E-state index contributed by atoms with van der Waals surface area (Å²) in [5.74, 6) is -0.212. The van der Waals surface area contributed by atoms with Gasteiger partial charge in [0.2, 0.25) is 5.89 Å². The SMILES string of the molecule is CC(C)O[C@@H]1CN(C(=O)c2coc(COc3cccc(F)c3)n2)C[C@H]1O. The molecule has 1 fully saturated rings. The number of rotatable bonds is 6. The first-order chi connectivity index (χ1) is 12.4. The molecule has 8 heteroatoms. The lowest BCUT2D eigenvalue weighted by atomic mass is 10.2. The Hall–Kier alpha value is -2.45. The fourth-order valence-corrected chi connectivity index (χ4v) is 2.75. The predicted octanol–water partition coefficient (Wildman–Crippen LogP) is 2.00. The zero-order chi connectivity index (χ0) is 18.7. The number of benzene rings is 1. The smallest absolute Gasteiger partial charge is 0.275 e. The predicted molar refractivity (Wildman–Crippen MR) is 89.2 cm³/mol. The molecule has 3 rings (SSSR count). The van der Waals surface area contributed by atoms with Crippen LogP contribution in [-0.4, -0.2) is 52.3 Å². The van der Waals surface area contributed by atoms with Crippen LogP contribution in [0.4, 0.5) is 4.39 Å². The number of carbonyl (C=O) groups excluding carboxylic acids is 1. The lowest BCUT2D eigenvalue weighted by Crippen LogP contribution is -2.31. The molecule has 0 aliphatic carbocycles. The van der Waals surface area contributed by atoms with Crippen molar-refractivity contribution < 1.29 is 28.2 Å². The summed E-state index contributed by atoms with van der Waals surface area (Å²) in [5, 5.41) is 10.0. The molecule has 0 saturated carbocycles. The Kier molecular flexibility index (Phi) is 5.53. The van der Waals surface area contributed by atoms with Crippen molar-refractivity contribution in [2.75, 3.05) is 13.1 Å². The molecule has 140 valence electrons. The molecule has 1 aromatic heterocycles. The minimum atomic E-state index is -0.732. The van der Waals surface area contributed by atoms with Gasteiger partial charge in [-0.3, -0.25) is 4.79 Å². The second kappa shape index (κ2) is 7.84. The first kappa shape index (κ1) is 18.3. The van der Waals surface area contributed by atoms with E-state index in [1.54, 1.807) is 6.07 Å². The lowest BCUT2D eigenvalue weighted by molar-refractivity contribution is -0.0394. The van der Waals surface area contributed by atoms with Crippen LogP contribution in [-0.2, 0) is 11.3 Å². The van der Waals surface area contributed by atoms with Gasteiger partial charge in [0.15, 0.2) is 12.3 Å². The summed E-state index contributed by atoms with van der Waals surface area (Å²) < 4.78 is 29.4. The molecule has 0 radical (unpaired) electrons. The first-order valence-corrected chi connectivity index (χ1v) is 8.38. The van der Waals surface area contributed by atoms with E-state index in [4.69, 9.17) is 13.9 Å². The van der Waals surface area contributed by atoms with Crippen molar-refractivity contribution in [1.29, 1.82) is 0 Å². The number of aromatic nitrogens is 1. The average Bonchev–Trinajstić information content (AvgIpc) is 3.19. The Morgan fingerprint density at radius 1 is 1.46 bits per heavy atom. The highest BCUT2D eigenvalue weighted by molar-refractivity contribution is 5.92. The third-order valence-corrected chi connectivity index (χ3v) is 3.90. The van der Waals surface area contributed by atoms with Crippen LogP contribution in [0.25, 0.3) is 0 Å². The summed E-state index contributed by atoms with van der Waals surface area (Å²) in [6.07, 6.45) is 0.0595. The highest BCUT2D eigenvalue weighted by atomic mass is 19.1. The summed E-state index contributed by atoms with van der Waals surface area (Å²) >= 11 is 0. The molecular weight excluding hydrogens is 343 g/mol. The summed E-state index contributed by atoms with van der Waals surface area (Å²) in [7, 11) is 0. The number of oxazole rings is 1. The number of halogens is 1. The van der Waals surface area contributed by atoms with Crippen LogP contribution in [0.2, 0.25) is 0 Å². The molecule has 26 heavy (non-hydrogen) atoms. The van der Waals surface area contributed by atoms with Gasteiger partial charge in [0.1, 0.15) is 23.9 Å². The molecule has 2 heterocycles. The minimum absolute atomic E-state index is 0.0293. The molecule has 1 aromatic carbocycles. The van der Waals surface area contributed by atoms with Gasteiger partial charge in [0, 0.05) is 19.2 Å². The number of β-amino-alcohol motifs (C(OH)–C–C–N with tert-alkyl or cyclic N) is 1. The molecule has 0 bridgehead atoms. The molecule has 1 aliphatic rings. The number of carbonyl (C=O) groups is 1. The van der Waals surface area contributed by atoms with Crippen molar-refractivity contribution in [3.8, 4) is 5.75 Å². The van der Waals surface area contributed by atoms with Crippen molar-refractivity contribution in [3.63, 3.8) is 0 Å². The standard InChI is InChI=1S/C18H21FN2O5/c1-11(2)26-16-8-21(7-15(16)22)18(23)14-9-25-17(20-14)10-24-13-5-3-4-12(19)6-13/h3-6,9,11,15-16,22H,7-8,10H2,1-2H3/t15-,16-/m1/s1. The molecule has 1 amide bonds. The second-order valence-corrected chi connectivity index (χ2v) is 6.37. The number of ether oxygens (including phenoxy) is 2. The number of aliphatic hydroxyl groups is 1. The number of amides is 1. The molecule has 2 atom stereocenters. The highest BCUT2D eigenvalue weighted by Crippen LogP contribution is 2.19. The van der Waals surface area contributed by atoms with E-state index in [0.29, 0.717) is 12.3 Å².